The topological polar surface area (TPSA) is 49.3 Å². The molecular formula is C11H15NO2S. The van der Waals surface area contributed by atoms with Crippen LogP contribution in [0, 0.1) is 5.92 Å². The molecule has 1 unspecified atom stereocenters. The fraction of sp³-hybridized carbons (Fsp3) is 0.545. The van der Waals surface area contributed by atoms with E-state index in [4.69, 9.17) is 0 Å². The summed E-state index contributed by atoms with van der Waals surface area (Å²) >= 11 is 1.59. The summed E-state index contributed by atoms with van der Waals surface area (Å²) in [7, 11) is 0. The third-order valence-corrected chi connectivity index (χ3v) is 3.35. The molecule has 4 heteroatoms. The van der Waals surface area contributed by atoms with Crippen molar-refractivity contribution in [1.29, 1.82) is 0 Å². The van der Waals surface area contributed by atoms with E-state index in [-0.39, 0.29) is 12.0 Å². The van der Waals surface area contributed by atoms with Crippen LogP contribution in [0.2, 0.25) is 0 Å². The van der Waals surface area contributed by atoms with E-state index in [0.717, 1.165) is 18.4 Å². The fourth-order valence-corrected chi connectivity index (χ4v) is 2.18. The quantitative estimate of drug-likeness (QED) is 0.790. The average Bonchev–Trinajstić information content (AvgIpc) is 2.95. The zero-order chi connectivity index (χ0) is 10.7. The van der Waals surface area contributed by atoms with Gasteiger partial charge in [0.1, 0.15) is 0 Å². The average molecular weight is 225 g/mol. The van der Waals surface area contributed by atoms with Crippen LogP contribution >= 0.6 is 11.3 Å². The van der Waals surface area contributed by atoms with Crippen LogP contribution in [0.4, 0.5) is 0 Å². The summed E-state index contributed by atoms with van der Waals surface area (Å²) in [4.78, 5) is 11.4. The van der Waals surface area contributed by atoms with E-state index >= 15 is 0 Å². The number of nitrogens with one attached hydrogen (secondary N) is 1. The summed E-state index contributed by atoms with van der Waals surface area (Å²) in [6.45, 7) is 0.396. The van der Waals surface area contributed by atoms with Gasteiger partial charge < -0.3 is 10.4 Å². The molecule has 1 fully saturated rings. The van der Waals surface area contributed by atoms with Crippen LogP contribution in [0.25, 0.3) is 0 Å². The molecule has 1 atom stereocenters. The molecule has 1 aliphatic rings. The molecule has 3 nitrogen and oxygen atoms in total. The number of hydrogen-bond donors (Lipinski definition) is 2. The molecule has 1 aliphatic carbocycles. The minimum Gasteiger partial charge on any atom is -0.391 e. The Hall–Kier alpha value is -0.870. The highest BCUT2D eigenvalue weighted by molar-refractivity contribution is 7.07. The molecule has 0 saturated heterocycles. The SMILES string of the molecule is O=C(Cc1ccsc1)NCC(O)C1CC1. The first-order valence-electron chi connectivity index (χ1n) is 5.21. The van der Waals surface area contributed by atoms with Crippen LogP contribution < -0.4 is 5.32 Å². The smallest absolute Gasteiger partial charge is 0.224 e. The largest absolute Gasteiger partial charge is 0.391 e. The molecule has 1 aromatic rings. The van der Waals surface area contributed by atoms with Crippen LogP contribution in [0.15, 0.2) is 16.8 Å². The molecule has 2 rings (SSSR count). The number of rotatable bonds is 5. The summed E-state index contributed by atoms with van der Waals surface area (Å²) in [5, 5.41) is 16.2. The fourth-order valence-electron chi connectivity index (χ4n) is 1.51. The maximum atomic E-state index is 11.4. The number of carbonyl (C=O) groups is 1. The van der Waals surface area contributed by atoms with Gasteiger partial charge in [0.25, 0.3) is 0 Å². The van der Waals surface area contributed by atoms with Crippen LogP contribution in [-0.4, -0.2) is 23.7 Å². The third-order valence-electron chi connectivity index (χ3n) is 2.62. The molecule has 1 amide bonds. The summed E-state index contributed by atoms with van der Waals surface area (Å²) in [5.74, 6) is 0.416. The Morgan fingerprint density at radius 3 is 3.07 bits per heavy atom. The van der Waals surface area contributed by atoms with Gasteiger partial charge in [-0.2, -0.15) is 11.3 Å². The van der Waals surface area contributed by atoms with Crippen LogP contribution in [-0.2, 0) is 11.2 Å². The van der Waals surface area contributed by atoms with E-state index in [1.54, 1.807) is 11.3 Å². The number of aliphatic hydroxyl groups excluding tert-OH is 1. The van der Waals surface area contributed by atoms with Crippen molar-refractivity contribution in [1.82, 2.24) is 5.32 Å². The van der Waals surface area contributed by atoms with Crippen molar-refractivity contribution in [3.63, 3.8) is 0 Å². The van der Waals surface area contributed by atoms with Gasteiger partial charge in [-0.1, -0.05) is 0 Å². The first kappa shape index (κ1) is 10.6. The second kappa shape index (κ2) is 4.77. The molecular weight excluding hydrogens is 210 g/mol. The highest BCUT2D eigenvalue weighted by atomic mass is 32.1. The number of carbonyl (C=O) groups excluding carboxylic acids is 1. The van der Waals surface area contributed by atoms with E-state index in [2.05, 4.69) is 5.32 Å². The number of amides is 1. The van der Waals surface area contributed by atoms with E-state index in [1.165, 1.54) is 0 Å². The molecule has 0 aliphatic heterocycles. The van der Waals surface area contributed by atoms with Gasteiger partial charge in [0.2, 0.25) is 5.91 Å². The van der Waals surface area contributed by atoms with Crippen molar-refractivity contribution < 1.29 is 9.90 Å². The number of thiophene rings is 1. The zero-order valence-corrected chi connectivity index (χ0v) is 9.30. The van der Waals surface area contributed by atoms with E-state index in [0.29, 0.717) is 18.9 Å². The number of hydrogen-bond acceptors (Lipinski definition) is 3. The highest BCUT2D eigenvalue weighted by Crippen LogP contribution is 2.32. The van der Waals surface area contributed by atoms with Gasteiger partial charge in [-0.05, 0) is 41.1 Å². The van der Waals surface area contributed by atoms with Gasteiger partial charge in [-0.25, -0.2) is 0 Å². The molecule has 0 aromatic carbocycles. The molecule has 82 valence electrons. The summed E-state index contributed by atoms with van der Waals surface area (Å²) < 4.78 is 0. The highest BCUT2D eigenvalue weighted by Gasteiger charge is 2.29. The van der Waals surface area contributed by atoms with Crippen molar-refractivity contribution in [3.8, 4) is 0 Å². The van der Waals surface area contributed by atoms with Crippen LogP contribution in [0.3, 0.4) is 0 Å². The van der Waals surface area contributed by atoms with Crippen LogP contribution in [0.5, 0.6) is 0 Å². The molecule has 0 spiro atoms. The summed E-state index contributed by atoms with van der Waals surface area (Å²) in [6, 6.07) is 1.95. The second-order valence-corrected chi connectivity index (χ2v) is 4.80. The van der Waals surface area contributed by atoms with E-state index in [1.807, 2.05) is 16.8 Å². The molecule has 15 heavy (non-hydrogen) atoms. The zero-order valence-electron chi connectivity index (χ0n) is 8.48. The first-order valence-corrected chi connectivity index (χ1v) is 6.16. The van der Waals surface area contributed by atoms with Crippen LogP contribution in [0.1, 0.15) is 18.4 Å². The maximum absolute atomic E-state index is 11.4. The van der Waals surface area contributed by atoms with Gasteiger partial charge in [0.05, 0.1) is 12.5 Å². The Kier molecular flexibility index (Phi) is 3.38. The number of aliphatic hydroxyl groups is 1. The van der Waals surface area contributed by atoms with Gasteiger partial charge in [0.15, 0.2) is 0 Å². The standard InChI is InChI=1S/C11H15NO2S/c13-10(9-1-2-9)6-12-11(14)5-8-3-4-15-7-8/h3-4,7,9-10,13H,1-2,5-6H2,(H,12,14). The first-order chi connectivity index (χ1) is 7.25. The van der Waals surface area contributed by atoms with E-state index < -0.39 is 0 Å². The van der Waals surface area contributed by atoms with Crippen molar-refractivity contribution >= 4 is 17.2 Å². The molecule has 0 radical (unpaired) electrons. The lowest BCUT2D eigenvalue weighted by molar-refractivity contribution is -0.120. The van der Waals surface area contributed by atoms with Crippen molar-refractivity contribution in [2.75, 3.05) is 6.54 Å². The predicted octanol–water partition coefficient (Wildman–Crippen LogP) is 1.18. The lowest BCUT2D eigenvalue weighted by Crippen LogP contribution is -2.33. The molecule has 1 heterocycles. The maximum Gasteiger partial charge on any atom is 0.224 e. The predicted molar refractivity (Wildman–Crippen MR) is 59.8 cm³/mol. The Morgan fingerprint density at radius 1 is 1.67 bits per heavy atom. The van der Waals surface area contributed by atoms with Gasteiger partial charge in [-0.15, -0.1) is 0 Å². The van der Waals surface area contributed by atoms with Gasteiger partial charge in [0, 0.05) is 6.54 Å². The lowest BCUT2D eigenvalue weighted by atomic mass is 10.2. The third kappa shape index (κ3) is 3.32. The molecule has 1 saturated carbocycles. The minimum absolute atomic E-state index is 0.00639. The van der Waals surface area contributed by atoms with Crippen molar-refractivity contribution in [2.24, 2.45) is 5.92 Å². The molecule has 2 N–H and O–H groups in total. The minimum atomic E-state index is -0.351. The van der Waals surface area contributed by atoms with Gasteiger partial charge >= 0.3 is 0 Å². The van der Waals surface area contributed by atoms with Crippen molar-refractivity contribution in [3.05, 3.63) is 22.4 Å². The van der Waals surface area contributed by atoms with Gasteiger partial charge in [-0.3, -0.25) is 4.79 Å². The molecule has 0 bridgehead atoms. The van der Waals surface area contributed by atoms with E-state index in [9.17, 15) is 9.90 Å². The Balaban J connectivity index is 1.68. The summed E-state index contributed by atoms with van der Waals surface area (Å²) in [6.07, 6.45) is 2.26. The Bertz CT molecular complexity index is 319. The Morgan fingerprint density at radius 2 is 2.47 bits per heavy atom. The normalized spacial score (nSPS) is 17.4. The lowest BCUT2D eigenvalue weighted by Gasteiger charge is -2.10. The van der Waals surface area contributed by atoms with Crippen molar-refractivity contribution in [2.45, 2.75) is 25.4 Å². The second-order valence-electron chi connectivity index (χ2n) is 4.02. The Labute approximate surface area is 93.1 Å². The monoisotopic (exact) mass is 225 g/mol. The summed E-state index contributed by atoms with van der Waals surface area (Å²) in [5.41, 5.74) is 1.04. The molecule has 1 aromatic heterocycles.